The highest BCUT2D eigenvalue weighted by Crippen LogP contribution is 2.23. The summed E-state index contributed by atoms with van der Waals surface area (Å²) in [4.78, 5) is 27.4. The number of piperidine rings is 1. The van der Waals surface area contributed by atoms with Crippen LogP contribution in [0, 0.1) is 5.92 Å². The van der Waals surface area contributed by atoms with Crippen LogP contribution in [0.1, 0.15) is 35.7 Å². The summed E-state index contributed by atoms with van der Waals surface area (Å²) in [5.41, 5.74) is 4.23. The highest BCUT2D eigenvalue weighted by Gasteiger charge is 2.28. The number of carbonyl (C=O) groups is 2. The van der Waals surface area contributed by atoms with Crippen molar-refractivity contribution in [2.75, 3.05) is 18.4 Å². The largest absolute Gasteiger partial charge is 0.339 e. The number of carbonyl (C=O) groups excluding carboxylic acids is 2. The van der Waals surface area contributed by atoms with Gasteiger partial charge in [0.1, 0.15) is 5.52 Å². The molecule has 1 aliphatic heterocycles. The summed E-state index contributed by atoms with van der Waals surface area (Å²) in [6.45, 7) is 3.23. The maximum atomic E-state index is 12.9. The number of rotatable bonds is 4. The van der Waals surface area contributed by atoms with E-state index in [1.54, 1.807) is 10.7 Å². The van der Waals surface area contributed by atoms with E-state index in [1.807, 2.05) is 48.3 Å². The predicted octanol–water partition coefficient (Wildman–Crippen LogP) is 3.02. The summed E-state index contributed by atoms with van der Waals surface area (Å²) in [6.07, 6.45) is 2.21. The fraction of sp³-hybridized carbons (Fsp3) is 0.364. The van der Waals surface area contributed by atoms with Crippen LogP contribution in [0.25, 0.3) is 11.0 Å². The number of nitrogens with one attached hydrogen (secondary N) is 1. The molecular weight excluding hydrogens is 366 g/mol. The molecule has 150 valence electrons. The molecule has 0 aliphatic carbocycles. The molecule has 0 saturated carbocycles. The maximum absolute atomic E-state index is 12.9. The van der Waals surface area contributed by atoms with Crippen LogP contribution >= 0.6 is 0 Å². The minimum atomic E-state index is -0.0774. The van der Waals surface area contributed by atoms with Gasteiger partial charge in [0, 0.05) is 37.3 Å². The van der Waals surface area contributed by atoms with Crippen molar-refractivity contribution in [2.24, 2.45) is 13.0 Å². The van der Waals surface area contributed by atoms with Gasteiger partial charge in [-0.15, -0.1) is 5.10 Å². The van der Waals surface area contributed by atoms with Gasteiger partial charge in [-0.25, -0.2) is 4.68 Å². The number of amides is 2. The molecule has 4 rings (SSSR count). The summed E-state index contributed by atoms with van der Waals surface area (Å²) in [5.74, 6) is -0.0573. The molecular formula is C22H25N5O2. The van der Waals surface area contributed by atoms with Gasteiger partial charge in [0.25, 0.3) is 5.91 Å². The van der Waals surface area contributed by atoms with Crippen molar-refractivity contribution in [1.82, 2.24) is 19.9 Å². The van der Waals surface area contributed by atoms with Crippen LogP contribution in [0.3, 0.4) is 0 Å². The zero-order valence-corrected chi connectivity index (χ0v) is 16.8. The van der Waals surface area contributed by atoms with E-state index in [0.29, 0.717) is 37.0 Å². The molecule has 0 atom stereocenters. The molecule has 0 radical (unpaired) electrons. The van der Waals surface area contributed by atoms with Gasteiger partial charge in [-0.05, 0) is 49.1 Å². The SMILES string of the molecule is CCc1ccccc1NC(=O)C1CCN(C(=O)c2ccc3c(c2)nnn3C)CC1. The molecule has 0 unspecified atom stereocenters. The molecule has 2 amide bonds. The first kappa shape index (κ1) is 19.1. The van der Waals surface area contributed by atoms with Crippen LogP contribution in [0.15, 0.2) is 42.5 Å². The van der Waals surface area contributed by atoms with E-state index < -0.39 is 0 Å². The van der Waals surface area contributed by atoms with Gasteiger partial charge >= 0.3 is 0 Å². The highest BCUT2D eigenvalue weighted by atomic mass is 16.2. The topological polar surface area (TPSA) is 80.1 Å². The van der Waals surface area contributed by atoms with Crippen molar-refractivity contribution in [2.45, 2.75) is 26.2 Å². The molecule has 29 heavy (non-hydrogen) atoms. The second-order valence-corrected chi connectivity index (χ2v) is 7.48. The summed E-state index contributed by atoms with van der Waals surface area (Å²) in [5, 5.41) is 11.1. The van der Waals surface area contributed by atoms with Crippen LogP contribution in [-0.4, -0.2) is 44.8 Å². The van der Waals surface area contributed by atoms with E-state index in [9.17, 15) is 9.59 Å². The van der Waals surface area contributed by atoms with E-state index >= 15 is 0 Å². The molecule has 1 aromatic heterocycles. The third-order valence-corrected chi connectivity index (χ3v) is 5.67. The molecule has 2 heterocycles. The van der Waals surface area contributed by atoms with E-state index in [2.05, 4.69) is 22.6 Å². The second-order valence-electron chi connectivity index (χ2n) is 7.48. The number of anilines is 1. The first-order valence-corrected chi connectivity index (χ1v) is 10.0. The lowest BCUT2D eigenvalue weighted by atomic mass is 9.95. The Bertz CT molecular complexity index is 1050. The number of nitrogens with zero attached hydrogens (tertiary/aromatic N) is 4. The predicted molar refractivity (Wildman–Crippen MR) is 112 cm³/mol. The Labute approximate surface area is 169 Å². The molecule has 3 aromatic rings. The zero-order valence-electron chi connectivity index (χ0n) is 16.8. The van der Waals surface area contributed by atoms with Crippen molar-refractivity contribution in [3.05, 3.63) is 53.6 Å². The molecule has 1 aliphatic rings. The Hall–Kier alpha value is -3.22. The van der Waals surface area contributed by atoms with Gasteiger partial charge in [-0.1, -0.05) is 30.3 Å². The third-order valence-electron chi connectivity index (χ3n) is 5.67. The van der Waals surface area contributed by atoms with Gasteiger partial charge in [0.2, 0.25) is 5.91 Å². The van der Waals surface area contributed by atoms with E-state index in [1.165, 1.54) is 0 Å². The Morgan fingerprint density at radius 1 is 1.14 bits per heavy atom. The molecule has 0 spiro atoms. The fourth-order valence-corrected chi connectivity index (χ4v) is 3.89. The van der Waals surface area contributed by atoms with Gasteiger partial charge in [-0.3, -0.25) is 9.59 Å². The van der Waals surface area contributed by atoms with Gasteiger partial charge < -0.3 is 10.2 Å². The molecule has 7 nitrogen and oxygen atoms in total. The number of para-hydroxylation sites is 1. The summed E-state index contributed by atoms with van der Waals surface area (Å²) < 4.78 is 1.68. The molecule has 1 N–H and O–H groups in total. The molecule has 1 saturated heterocycles. The zero-order chi connectivity index (χ0) is 20.4. The summed E-state index contributed by atoms with van der Waals surface area (Å²) in [6, 6.07) is 13.4. The van der Waals surface area contributed by atoms with Crippen LogP contribution in [0.2, 0.25) is 0 Å². The van der Waals surface area contributed by atoms with Crippen molar-refractivity contribution >= 4 is 28.5 Å². The molecule has 1 fully saturated rings. The van der Waals surface area contributed by atoms with E-state index in [4.69, 9.17) is 0 Å². The Kier molecular flexibility index (Phi) is 5.29. The van der Waals surface area contributed by atoms with E-state index in [0.717, 1.165) is 23.2 Å². The van der Waals surface area contributed by atoms with Gasteiger partial charge in [-0.2, -0.15) is 0 Å². The monoisotopic (exact) mass is 391 g/mol. The minimum absolute atomic E-state index is 0.0206. The lowest BCUT2D eigenvalue weighted by Crippen LogP contribution is -2.41. The first-order valence-electron chi connectivity index (χ1n) is 10.0. The van der Waals surface area contributed by atoms with Gasteiger partial charge in [0.15, 0.2) is 0 Å². The van der Waals surface area contributed by atoms with Crippen molar-refractivity contribution in [3.8, 4) is 0 Å². The standard InChI is InChI=1S/C22H25N5O2/c1-3-15-6-4-5-7-18(15)23-21(28)16-10-12-27(13-11-16)22(29)17-8-9-20-19(14-17)24-25-26(20)2/h4-9,14,16H,3,10-13H2,1-2H3,(H,23,28). The second kappa shape index (κ2) is 8.03. The van der Waals surface area contributed by atoms with Crippen molar-refractivity contribution in [3.63, 3.8) is 0 Å². The van der Waals surface area contributed by atoms with Crippen LogP contribution in [0.5, 0.6) is 0 Å². The first-order chi connectivity index (χ1) is 14.1. The fourth-order valence-electron chi connectivity index (χ4n) is 3.89. The normalized spacial score (nSPS) is 14.9. The van der Waals surface area contributed by atoms with Crippen LogP contribution in [-0.2, 0) is 18.3 Å². The number of benzene rings is 2. The number of aryl methyl sites for hydroxylation is 2. The lowest BCUT2D eigenvalue weighted by Gasteiger charge is -2.31. The highest BCUT2D eigenvalue weighted by molar-refractivity contribution is 5.98. The average molecular weight is 391 g/mol. The summed E-state index contributed by atoms with van der Waals surface area (Å²) >= 11 is 0. The Morgan fingerprint density at radius 3 is 2.66 bits per heavy atom. The number of hydrogen-bond donors (Lipinski definition) is 1. The molecule has 2 aromatic carbocycles. The quantitative estimate of drug-likeness (QED) is 0.741. The van der Waals surface area contributed by atoms with Crippen molar-refractivity contribution in [1.29, 1.82) is 0 Å². The Balaban J connectivity index is 1.38. The van der Waals surface area contributed by atoms with Gasteiger partial charge in [0.05, 0.1) is 5.52 Å². The average Bonchev–Trinajstić information content (AvgIpc) is 3.14. The number of likely N-dealkylation sites (tertiary alicyclic amines) is 1. The van der Waals surface area contributed by atoms with E-state index in [-0.39, 0.29) is 17.7 Å². The van der Waals surface area contributed by atoms with Crippen LogP contribution < -0.4 is 5.32 Å². The third kappa shape index (κ3) is 3.85. The lowest BCUT2D eigenvalue weighted by molar-refractivity contribution is -0.121. The van der Waals surface area contributed by atoms with Crippen LogP contribution in [0.4, 0.5) is 5.69 Å². The molecule has 7 heteroatoms. The Morgan fingerprint density at radius 2 is 1.90 bits per heavy atom. The smallest absolute Gasteiger partial charge is 0.253 e. The summed E-state index contributed by atoms with van der Waals surface area (Å²) in [7, 11) is 1.82. The number of fused-ring (bicyclic) bond motifs is 1. The number of aromatic nitrogens is 3. The number of hydrogen-bond acceptors (Lipinski definition) is 4. The molecule has 0 bridgehead atoms. The van der Waals surface area contributed by atoms with Crippen molar-refractivity contribution < 1.29 is 9.59 Å². The maximum Gasteiger partial charge on any atom is 0.253 e. The minimum Gasteiger partial charge on any atom is -0.339 e.